The number of nitrogens with zero attached hydrogens (tertiary/aromatic N) is 4. The van der Waals surface area contributed by atoms with Gasteiger partial charge in [0.2, 0.25) is 5.95 Å². The van der Waals surface area contributed by atoms with Gasteiger partial charge in [-0.3, -0.25) is 9.36 Å². The summed E-state index contributed by atoms with van der Waals surface area (Å²) in [6.07, 6.45) is 4.57. The first-order chi connectivity index (χ1) is 16.3. The van der Waals surface area contributed by atoms with Crippen molar-refractivity contribution in [3.8, 4) is 0 Å². The van der Waals surface area contributed by atoms with Crippen LogP contribution in [0.15, 0.2) is 17.1 Å². The van der Waals surface area contributed by atoms with Gasteiger partial charge in [-0.2, -0.15) is 22.4 Å². The van der Waals surface area contributed by atoms with Crippen molar-refractivity contribution < 1.29 is 22.3 Å². The van der Waals surface area contributed by atoms with Crippen LogP contribution in [0.25, 0.3) is 11.0 Å². The van der Waals surface area contributed by atoms with Gasteiger partial charge in [-0.25, -0.2) is 13.8 Å². The van der Waals surface area contributed by atoms with Crippen molar-refractivity contribution >= 4 is 27.2 Å². The third-order valence-electron chi connectivity index (χ3n) is 6.83. The predicted molar refractivity (Wildman–Crippen MR) is 128 cm³/mol. The van der Waals surface area contributed by atoms with Gasteiger partial charge in [0, 0.05) is 43.2 Å². The van der Waals surface area contributed by atoms with Gasteiger partial charge < -0.3 is 10.4 Å². The smallest absolute Gasteiger partial charge is 0.279 e. The third kappa shape index (κ3) is 5.63. The maximum absolute atomic E-state index is 13.1. The minimum absolute atomic E-state index is 0.133. The van der Waals surface area contributed by atoms with E-state index in [0.717, 1.165) is 10.7 Å². The molecule has 194 valence electrons. The van der Waals surface area contributed by atoms with E-state index in [4.69, 9.17) is 0 Å². The summed E-state index contributed by atoms with van der Waals surface area (Å²) in [5.41, 5.74) is -0.225. The first-order valence-corrected chi connectivity index (χ1v) is 13.2. The van der Waals surface area contributed by atoms with Crippen molar-refractivity contribution in [1.82, 2.24) is 23.6 Å². The fraction of sp³-hybridized carbons (Fsp3) is 0.682. The van der Waals surface area contributed by atoms with Crippen LogP contribution in [-0.4, -0.2) is 69.6 Å². The molecule has 0 aromatic carbocycles. The lowest BCUT2D eigenvalue weighted by Gasteiger charge is -2.32. The van der Waals surface area contributed by atoms with Crippen molar-refractivity contribution in [1.29, 1.82) is 0 Å². The number of halogens is 2. The number of aliphatic hydroxyl groups is 1. The van der Waals surface area contributed by atoms with Crippen LogP contribution in [0.4, 0.5) is 14.7 Å². The molecule has 2 aromatic heterocycles. The van der Waals surface area contributed by atoms with E-state index in [-0.39, 0.29) is 24.7 Å². The zero-order valence-corrected chi connectivity index (χ0v) is 20.9. The lowest BCUT2D eigenvalue weighted by molar-refractivity contribution is 0.0264. The fourth-order valence-corrected chi connectivity index (χ4v) is 6.20. The number of alkyl halides is 2. The normalized spacial score (nSPS) is 24.8. The molecule has 2 aliphatic rings. The summed E-state index contributed by atoms with van der Waals surface area (Å²) < 4.78 is 55.4. The Labute approximate surface area is 202 Å². The van der Waals surface area contributed by atoms with E-state index in [0.29, 0.717) is 55.2 Å². The van der Waals surface area contributed by atoms with Crippen LogP contribution >= 0.6 is 0 Å². The first-order valence-electron chi connectivity index (χ1n) is 11.8. The van der Waals surface area contributed by atoms with Gasteiger partial charge in [0.1, 0.15) is 5.65 Å². The molecule has 2 aromatic rings. The van der Waals surface area contributed by atoms with Gasteiger partial charge in [0.15, 0.2) is 0 Å². The maximum atomic E-state index is 13.1. The Kier molecular flexibility index (Phi) is 6.90. The van der Waals surface area contributed by atoms with E-state index < -0.39 is 34.3 Å². The Morgan fingerprint density at radius 3 is 2.57 bits per heavy atom. The van der Waals surface area contributed by atoms with Gasteiger partial charge in [0.05, 0.1) is 18.2 Å². The van der Waals surface area contributed by atoms with Crippen LogP contribution < -0.4 is 15.6 Å². The second-order valence-electron chi connectivity index (χ2n) is 9.95. The van der Waals surface area contributed by atoms with E-state index in [2.05, 4.69) is 15.3 Å². The molecule has 0 radical (unpaired) electrons. The number of pyridine rings is 1. The number of rotatable bonds is 7. The molecule has 4 rings (SSSR count). The Morgan fingerprint density at radius 2 is 1.97 bits per heavy atom. The second-order valence-corrected chi connectivity index (χ2v) is 11.7. The van der Waals surface area contributed by atoms with E-state index in [1.54, 1.807) is 30.7 Å². The molecule has 0 bridgehead atoms. The number of hydrogen-bond acceptors (Lipinski definition) is 7. The van der Waals surface area contributed by atoms with Gasteiger partial charge in [-0.15, -0.1) is 0 Å². The predicted octanol–water partition coefficient (Wildman–Crippen LogP) is 1.94. The molecule has 0 amide bonds. The lowest BCUT2D eigenvalue weighted by atomic mass is 9.99. The standard InChI is InChI=1S/C22H32F2N6O4S/c1-14-11-15-12-25-20(28-18(15)30(19(14)31)17-5-4-8-21(17,2)32)27-16-6-9-29(10-7-16)35(33,34)26-13-22(3,23)24/h11-12,16-17,26,32H,4-10,13H2,1-3H3,(H,25,27,28)/t17-,21-/m0/s1. The third-order valence-corrected chi connectivity index (χ3v) is 8.39. The van der Waals surface area contributed by atoms with E-state index in [1.807, 2.05) is 4.72 Å². The minimum Gasteiger partial charge on any atom is -0.388 e. The molecule has 1 aliphatic carbocycles. The number of anilines is 1. The molecule has 10 nitrogen and oxygen atoms in total. The van der Waals surface area contributed by atoms with E-state index >= 15 is 0 Å². The van der Waals surface area contributed by atoms with Crippen molar-refractivity contribution in [3.63, 3.8) is 0 Å². The van der Waals surface area contributed by atoms with Crippen molar-refractivity contribution in [2.24, 2.45) is 0 Å². The van der Waals surface area contributed by atoms with Gasteiger partial charge in [0.25, 0.3) is 21.7 Å². The largest absolute Gasteiger partial charge is 0.388 e. The highest BCUT2D eigenvalue weighted by molar-refractivity contribution is 7.87. The number of piperidine rings is 1. The van der Waals surface area contributed by atoms with Crippen LogP contribution in [-0.2, 0) is 10.2 Å². The number of hydrogen-bond donors (Lipinski definition) is 3. The molecule has 13 heteroatoms. The number of aryl methyl sites for hydroxylation is 1. The van der Waals surface area contributed by atoms with Crippen LogP contribution in [0.2, 0.25) is 0 Å². The maximum Gasteiger partial charge on any atom is 0.279 e. The van der Waals surface area contributed by atoms with E-state index in [1.165, 1.54) is 0 Å². The highest BCUT2D eigenvalue weighted by Crippen LogP contribution is 2.39. The summed E-state index contributed by atoms with van der Waals surface area (Å²) in [6.45, 7) is 3.49. The monoisotopic (exact) mass is 514 g/mol. The average Bonchev–Trinajstić information content (AvgIpc) is 3.12. The quantitative estimate of drug-likeness (QED) is 0.515. The average molecular weight is 515 g/mol. The number of nitrogens with one attached hydrogen (secondary N) is 2. The zero-order valence-electron chi connectivity index (χ0n) is 20.1. The molecule has 2 atom stereocenters. The molecule has 2 fully saturated rings. The van der Waals surface area contributed by atoms with Crippen LogP contribution in [0.5, 0.6) is 0 Å². The highest BCUT2D eigenvalue weighted by atomic mass is 32.2. The Bertz CT molecular complexity index is 1250. The van der Waals surface area contributed by atoms with Crippen LogP contribution in [0.1, 0.15) is 57.6 Å². The number of fused-ring (bicyclic) bond motifs is 1. The lowest BCUT2D eigenvalue weighted by Crippen LogP contribution is -2.49. The first kappa shape index (κ1) is 25.9. The summed E-state index contributed by atoms with van der Waals surface area (Å²) in [5, 5.41) is 14.8. The molecule has 3 heterocycles. The SMILES string of the molecule is Cc1cc2cnc(NC3CCN(S(=O)(=O)NCC(C)(F)F)CC3)nc2n([C@H]2CCC[C@]2(C)O)c1=O. The molecule has 1 saturated carbocycles. The summed E-state index contributed by atoms with van der Waals surface area (Å²) in [4.78, 5) is 22.0. The molecular formula is C22H32F2N6O4S. The van der Waals surface area contributed by atoms with Crippen molar-refractivity contribution in [2.45, 2.75) is 76.5 Å². The van der Waals surface area contributed by atoms with Gasteiger partial charge in [-0.1, -0.05) is 0 Å². The summed E-state index contributed by atoms with van der Waals surface area (Å²) in [5.74, 6) is -2.83. The molecule has 35 heavy (non-hydrogen) atoms. The molecule has 0 spiro atoms. The molecule has 1 saturated heterocycles. The van der Waals surface area contributed by atoms with Crippen molar-refractivity contribution in [2.75, 3.05) is 25.0 Å². The van der Waals surface area contributed by atoms with Crippen LogP contribution in [0, 0.1) is 6.92 Å². The zero-order chi connectivity index (χ0) is 25.6. The van der Waals surface area contributed by atoms with Crippen LogP contribution in [0.3, 0.4) is 0 Å². The topological polar surface area (TPSA) is 129 Å². The molecular weight excluding hydrogens is 482 g/mol. The van der Waals surface area contributed by atoms with Crippen molar-refractivity contribution in [3.05, 3.63) is 28.2 Å². The molecule has 3 N–H and O–H groups in total. The summed E-state index contributed by atoms with van der Waals surface area (Å²) >= 11 is 0. The Balaban J connectivity index is 1.51. The van der Waals surface area contributed by atoms with Gasteiger partial charge in [-0.05, 0) is 52.0 Å². The Morgan fingerprint density at radius 1 is 1.29 bits per heavy atom. The second kappa shape index (κ2) is 9.34. The highest BCUT2D eigenvalue weighted by Gasteiger charge is 2.39. The fourth-order valence-electron chi connectivity index (χ4n) is 4.89. The number of aromatic nitrogens is 3. The molecule has 1 aliphatic heterocycles. The summed E-state index contributed by atoms with van der Waals surface area (Å²) in [6, 6.07) is 1.21. The van der Waals surface area contributed by atoms with Gasteiger partial charge >= 0.3 is 0 Å². The minimum atomic E-state index is -3.99. The van der Waals surface area contributed by atoms with E-state index in [9.17, 15) is 27.1 Å². The molecule has 0 unspecified atom stereocenters. The summed E-state index contributed by atoms with van der Waals surface area (Å²) in [7, 11) is -3.99. The Hall–Kier alpha value is -2.22.